The van der Waals surface area contributed by atoms with Crippen LogP contribution in [0.25, 0.3) is 16.7 Å². The Balaban J connectivity index is 1.62. The molecular weight excluding hydrogens is 512 g/mol. The van der Waals surface area contributed by atoms with Gasteiger partial charge in [-0.2, -0.15) is 0 Å². The van der Waals surface area contributed by atoms with Crippen molar-refractivity contribution in [1.29, 1.82) is 0 Å². The molecule has 1 aliphatic rings. The van der Waals surface area contributed by atoms with Crippen LogP contribution in [0, 0.1) is 0 Å². The largest absolute Gasteiger partial charge is 0.479 e. The number of hydrogen-bond acceptors (Lipinski definition) is 4. The third-order valence-corrected chi connectivity index (χ3v) is 7.83. The second kappa shape index (κ2) is 16.9. The van der Waals surface area contributed by atoms with Gasteiger partial charge in [0.05, 0.1) is 11.7 Å². The third-order valence-electron chi connectivity index (χ3n) is 7.83. The molecule has 2 atom stereocenters. The number of rotatable bonds is 18. The second-order valence-electron chi connectivity index (χ2n) is 11.2. The molecule has 0 aromatic heterocycles. The molecule has 0 radical (unpaired) electrons. The molecule has 222 valence electrons. The average molecular weight is 561 g/mol. The van der Waals surface area contributed by atoms with Gasteiger partial charge in [0.15, 0.2) is 5.60 Å². The lowest BCUT2D eigenvalue weighted by molar-refractivity contribution is -0.159. The van der Waals surface area contributed by atoms with E-state index in [-0.39, 0.29) is 18.5 Å². The van der Waals surface area contributed by atoms with Crippen LogP contribution in [0.3, 0.4) is 0 Å². The molecule has 2 aromatic rings. The molecule has 2 aromatic carbocycles. The van der Waals surface area contributed by atoms with Crippen LogP contribution in [0.15, 0.2) is 66.8 Å². The number of ether oxygens (including phenoxy) is 2. The Labute approximate surface area is 246 Å². The minimum absolute atomic E-state index is 0.118. The van der Waals surface area contributed by atoms with E-state index in [2.05, 4.69) is 13.8 Å². The Morgan fingerprint density at radius 2 is 1.49 bits per heavy atom. The molecule has 2 unspecified atom stereocenters. The maximum Gasteiger partial charge on any atom is 0.340 e. The molecule has 0 spiro atoms. The molecule has 0 heterocycles. The topological polar surface area (TPSA) is 72.8 Å². The summed E-state index contributed by atoms with van der Waals surface area (Å²) in [7, 11) is 0. The molecule has 5 heteroatoms. The van der Waals surface area contributed by atoms with E-state index in [0.29, 0.717) is 12.2 Å². The van der Waals surface area contributed by atoms with Crippen LogP contribution in [0.4, 0.5) is 0 Å². The molecule has 0 bridgehead atoms. The van der Waals surface area contributed by atoms with Crippen molar-refractivity contribution in [1.82, 2.24) is 0 Å². The minimum Gasteiger partial charge on any atom is -0.479 e. The summed E-state index contributed by atoms with van der Waals surface area (Å²) < 4.78 is 11.7. The van der Waals surface area contributed by atoms with Crippen LogP contribution in [-0.4, -0.2) is 35.4 Å². The van der Waals surface area contributed by atoms with Crippen molar-refractivity contribution in [3.63, 3.8) is 0 Å². The average Bonchev–Trinajstić information content (AvgIpc) is 2.99. The van der Waals surface area contributed by atoms with Gasteiger partial charge in [-0.3, -0.25) is 0 Å². The van der Waals surface area contributed by atoms with E-state index >= 15 is 0 Å². The lowest BCUT2D eigenvalue weighted by atomic mass is 9.88. The Hall–Kier alpha value is -3.18. The van der Waals surface area contributed by atoms with Gasteiger partial charge >= 0.3 is 11.9 Å². The highest BCUT2D eigenvalue weighted by Gasteiger charge is 2.37. The number of esters is 1. The highest BCUT2D eigenvalue weighted by molar-refractivity contribution is 5.97. The van der Waals surface area contributed by atoms with E-state index in [1.165, 1.54) is 32.1 Å². The van der Waals surface area contributed by atoms with Crippen LogP contribution >= 0.6 is 0 Å². The minimum atomic E-state index is -1.31. The first-order chi connectivity index (χ1) is 19.9. The van der Waals surface area contributed by atoms with Gasteiger partial charge in [-0.25, -0.2) is 9.59 Å². The van der Waals surface area contributed by atoms with Crippen LogP contribution in [0.2, 0.25) is 0 Å². The fourth-order valence-electron chi connectivity index (χ4n) is 5.22. The predicted molar refractivity (Wildman–Crippen MR) is 167 cm³/mol. The van der Waals surface area contributed by atoms with E-state index < -0.39 is 11.6 Å². The smallest absolute Gasteiger partial charge is 0.340 e. The zero-order chi connectivity index (χ0) is 29.5. The predicted octanol–water partition coefficient (Wildman–Crippen LogP) is 9.41. The fourth-order valence-corrected chi connectivity index (χ4v) is 5.22. The number of allylic oxidation sites excluding steroid dienone is 2. The van der Waals surface area contributed by atoms with Gasteiger partial charge in [-0.1, -0.05) is 120 Å². The monoisotopic (exact) mass is 560 g/mol. The van der Waals surface area contributed by atoms with E-state index in [9.17, 15) is 14.7 Å². The van der Waals surface area contributed by atoms with Crippen LogP contribution in [0.5, 0.6) is 0 Å². The molecule has 0 saturated carbocycles. The summed E-state index contributed by atoms with van der Waals surface area (Å²) in [5, 5.41) is 9.93. The van der Waals surface area contributed by atoms with Crippen molar-refractivity contribution in [2.24, 2.45) is 0 Å². The maximum atomic E-state index is 13.0. The quantitative estimate of drug-likeness (QED) is 0.145. The van der Waals surface area contributed by atoms with Gasteiger partial charge < -0.3 is 14.6 Å². The summed E-state index contributed by atoms with van der Waals surface area (Å²) in [5.74, 6) is -1.25. The highest BCUT2D eigenvalue weighted by Crippen LogP contribution is 2.32. The van der Waals surface area contributed by atoms with Crippen LogP contribution in [-0.2, 0) is 14.3 Å². The van der Waals surface area contributed by atoms with Gasteiger partial charge in [-0.05, 0) is 60.6 Å². The number of carboxylic acids is 1. The summed E-state index contributed by atoms with van der Waals surface area (Å²) in [6.45, 7) is 6.79. The molecule has 0 aliphatic heterocycles. The third kappa shape index (κ3) is 9.71. The fraction of sp³-hybridized carbons (Fsp3) is 0.500. The SMILES string of the molecule is CCCCCCCCOC1(C(=O)O)C=CC(c2ccc(-c3ccccc3C(=O)OC(C)CCCCCC)cc2)=CC1. The number of carbonyl (C=O) groups is 2. The molecule has 1 aliphatic carbocycles. The van der Waals surface area contributed by atoms with Gasteiger partial charge in [0.2, 0.25) is 0 Å². The summed E-state index contributed by atoms with van der Waals surface area (Å²) in [4.78, 5) is 25.1. The van der Waals surface area contributed by atoms with Gasteiger partial charge in [0, 0.05) is 13.0 Å². The van der Waals surface area contributed by atoms with E-state index in [1.807, 2.05) is 67.6 Å². The van der Waals surface area contributed by atoms with E-state index in [1.54, 1.807) is 6.08 Å². The Morgan fingerprint density at radius 3 is 2.15 bits per heavy atom. The number of hydrogen-bond donors (Lipinski definition) is 1. The maximum absolute atomic E-state index is 13.0. The first kappa shape index (κ1) is 32.3. The van der Waals surface area contributed by atoms with E-state index in [0.717, 1.165) is 60.8 Å². The summed E-state index contributed by atoms with van der Waals surface area (Å²) in [6, 6.07) is 15.6. The summed E-state index contributed by atoms with van der Waals surface area (Å²) >= 11 is 0. The van der Waals surface area contributed by atoms with Gasteiger partial charge in [0.1, 0.15) is 0 Å². The molecule has 0 saturated heterocycles. The number of carboxylic acid groups (broad SMARTS) is 1. The standard InChI is InChI=1S/C36H48O5/c1-4-6-8-10-11-15-27-40-36(35(38)39)25-23-30(24-26-36)29-19-21-31(22-20-29)32-17-13-14-18-33(32)34(37)41-28(3)16-12-9-7-5-2/h13-14,17-25,28H,4-12,15-16,26-27H2,1-3H3,(H,38,39). The molecule has 41 heavy (non-hydrogen) atoms. The Kier molecular flexibility index (Phi) is 13.4. The van der Waals surface area contributed by atoms with Gasteiger partial charge in [0.25, 0.3) is 0 Å². The molecule has 0 amide bonds. The normalized spacial score (nSPS) is 17.2. The van der Waals surface area contributed by atoms with E-state index in [4.69, 9.17) is 9.47 Å². The lowest BCUT2D eigenvalue weighted by Crippen LogP contribution is -2.40. The molecule has 0 fully saturated rings. The first-order valence-electron chi connectivity index (χ1n) is 15.6. The molecular formula is C36H48O5. The number of carbonyl (C=O) groups excluding carboxylic acids is 1. The lowest BCUT2D eigenvalue weighted by Gasteiger charge is -2.28. The van der Waals surface area contributed by atoms with Gasteiger partial charge in [-0.15, -0.1) is 0 Å². The van der Waals surface area contributed by atoms with Crippen molar-refractivity contribution in [2.45, 2.75) is 110 Å². The van der Waals surface area contributed by atoms with Crippen molar-refractivity contribution >= 4 is 17.5 Å². The molecule has 5 nitrogen and oxygen atoms in total. The summed E-state index contributed by atoms with van der Waals surface area (Å²) in [5.41, 5.74) is 2.97. The zero-order valence-corrected chi connectivity index (χ0v) is 25.2. The molecule has 3 rings (SSSR count). The number of aliphatic carboxylic acids is 1. The molecule has 1 N–H and O–H groups in total. The van der Waals surface area contributed by atoms with Crippen LogP contribution in [0.1, 0.15) is 114 Å². The van der Waals surface area contributed by atoms with Crippen molar-refractivity contribution < 1.29 is 24.2 Å². The Morgan fingerprint density at radius 1 is 0.854 bits per heavy atom. The van der Waals surface area contributed by atoms with Crippen LogP contribution < -0.4 is 0 Å². The highest BCUT2D eigenvalue weighted by atomic mass is 16.5. The second-order valence-corrected chi connectivity index (χ2v) is 11.2. The van der Waals surface area contributed by atoms with Crippen molar-refractivity contribution in [2.75, 3.05) is 6.61 Å². The number of benzene rings is 2. The first-order valence-corrected chi connectivity index (χ1v) is 15.6. The number of unbranched alkanes of at least 4 members (excludes halogenated alkanes) is 8. The Bertz CT molecular complexity index is 1160. The van der Waals surface area contributed by atoms with Crippen molar-refractivity contribution in [3.8, 4) is 11.1 Å². The van der Waals surface area contributed by atoms with Crippen molar-refractivity contribution in [3.05, 3.63) is 77.9 Å². The summed E-state index contributed by atoms with van der Waals surface area (Å²) in [6.07, 6.45) is 17.9. The zero-order valence-electron chi connectivity index (χ0n) is 25.2.